The van der Waals surface area contributed by atoms with Gasteiger partial charge in [-0.3, -0.25) is 20.4 Å². The highest BCUT2D eigenvalue weighted by Crippen LogP contribution is 2.30. The van der Waals surface area contributed by atoms with Gasteiger partial charge in [-0.1, -0.05) is 29.8 Å². The minimum atomic E-state index is -0.922. The Morgan fingerprint density at radius 1 is 1.07 bits per heavy atom. The number of fused-ring (bicyclic) bond motifs is 1. The van der Waals surface area contributed by atoms with Gasteiger partial charge >= 0.3 is 5.97 Å². The Labute approximate surface area is 159 Å². The van der Waals surface area contributed by atoms with Gasteiger partial charge in [0.05, 0.1) is 5.56 Å². The monoisotopic (exact) mass is 390 g/mol. The van der Waals surface area contributed by atoms with Crippen molar-refractivity contribution in [1.82, 2.24) is 10.9 Å². The third kappa shape index (κ3) is 4.89. The van der Waals surface area contributed by atoms with Crippen LogP contribution in [0.4, 0.5) is 0 Å². The van der Waals surface area contributed by atoms with Crippen LogP contribution in [0.5, 0.6) is 11.5 Å². The molecule has 0 fully saturated rings. The summed E-state index contributed by atoms with van der Waals surface area (Å²) in [5, 5.41) is 0.373. The normalized spacial score (nSPS) is 14.8. The van der Waals surface area contributed by atoms with Crippen molar-refractivity contribution < 1.29 is 28.6 Å². The fourth-order valence-corrected chi connectivity index (χ4v) is 2.42. The van der Waals surface area contributed by atoms with Crippen LogP contribution in [0, 0.1) is 0 Å². The maximum absolute atomic E-state index is 12.1. The van der Waals surface area contributed by atoms with E-state index < -0.39 is 30.5 Å². The highest BCUT2D eigenvalue weighted by atomic mass is 35.5. The molecule has 1 aliphatic heterocycles. The van der Waals surface area contributed by atoms with Gasteiger partial charge in [0.15, 0.2) is 18.1 Å². The summed E-state index contributed by atoms with van der Waals surface area (Å²) >= 11 is 5.78. The second-order valence-corrected chi connectivity index (χ2v) is 5.92. The lowest BCUT2D eigenvalue weighted by Gasteiger charge is -2.25. The molecule has 0 radical (unpaired) electrons. The van der Waals surface area contributed by atoms with Crippen molar-refractivity contribution in [2.45, 2.75) is 6.10 Å². The fraction of sp³-hybridized carbons (Fsp3) is 0.167. The predicted octanol–water partition coefficient (Wildman–Crippen LogP) is 1.48. The van der Waals surface area contributed by atoms with E-state index in [0.717, 1.165) is 0 Å². The molecule has 140 valence electrons. The lowest BCUT2D eigenvalue weighted by molar-refractivity contribution is -0.135. The molecule has 0 saturated heterocycles. The highest BCUT2D eigenvalue weighted by Gasteiger charge is 2.27. The third-order valence-electron chi connectivity index (χ3n) is 3.52. The van der Waals surface area contributed by atoms with Crippen molar-refractivity contribution in [2.75, 3.05) is 13.2 Å². The Kier molecular flexibility index (Phi) is 5.77. The van der Waals surface area contributed by atoms with E-state index in [4.69, 9.17) is 25.8 Å². The Balaban J connectivity index is 1.43. The van der Waals surface area contributed by atoms with E-state index in [1.54, 1.807) is 36.4 Å². The number of ether oxygens (including phenoxy) is 3. The van der Waals surface area contributed by atoms with Gasteiger partial charge in [-0.25, -0.2) is 4.79 Å². The molecule has 2 aromatic rings. The molecule has 2 aromatic carbocycles. The molecule has 1 atom stereocenters. The third-order valence-corrected chi connectivity index (χ3v) is 3.76. The molecule has 9 heteroatoms. The zero-order chi connectivity index (χ0) is 19.2. The number of nitrogens with one attached hydrogen (secondary N) is 2. The van der Waals surface area contributed by atoms with Crippen molar-refractivity contribution >= 4 is 29.4 Å². The predicted molar refractivity (Wildman–Crippen MR) is 94.4 cm³/mol. The Morgan fingerprint density at radius 2 is 1.85 bits per heavy atom. The van der Waals surface area contributed by atoms with Crippen LogP contribution in [0.25, 0.3) is 0 Å². The van der Waals surface area contributed by atoms with E-state index in [9.17, 15) is 14.4 Å². The topological polar surface area (TPSA) is 103 Å². The number of hydrogen-bond donors (Lipinski definition) is 2. The van der Waals surface area contributed by atoms with Gasteiger partial charge in [0, 0.05) is 5.02 Å². The first-order chi connectivity index (χ1) is 13.0. The number of hydrazine groups is 1. The molecular formula is C18H15ClN2O6. The molecule has 0 unspecified atom stereocenters. The average molecular weight is 391 g/mol. The van der Waals surface area contributed by atoms with Gasteiger partial charge in [-0.2, -0.15) is 0 Å². The summed E-state index contributed by atoms with van der Waals surface area (Å²) in [6.45, 7) is -0.570. The quantitative estimate of drug-likeness (QED) is 0.605. The summed E-state index contributed by atoms with van der Waals surface area (Å²) in [5.74, 6) is -1.04. The van der Waals surface area contributed by atoms with E-state index in [0.29, 0.717) is 16.5 Å². The van der Waals surface area contributed by atoms with Crippen molar-refractivity contribution in [2.24, 2.45) is 0 Å². The fourth-order valence-electron chi connectivity index (χ4n) is 2.23. The largest absolute Gasteiger partial charge is 0.485 e. The van der Waals surface area contributed by atoms with Crippen LogP contribution >= 0.6 is 11.6 Å². The van der Waals surface area contributed by atoms with Gasteiger partial charge in [-0.15, -0.1) is 0 Å². The molecule has 1 aliphatic rings. The lowest BCUT2D eigenvalue weighted by atomic mass is 10.2. The first kappa shape index (κ1) is 18.5. The van der Waals surface area contributed by atoms with Gasteiger partial charge in [0.1, 0.15) is 6.61 Å². The molecule has 0 aliphatic carbocycles. The molecule has 0 saturated carbocycles. The molecule has 2 amide bonds. The molecule has 27 heavy (non-hydrogen) atoms. The average Bonchev–Trinajstić information content (AvgIpc) is 2.69. The number of carbonyl (C=O) groups is 3. The molecule has 8 nitrogen and oxygen atoms in total. The maximum Gasteiger partial charge on any atom is 0.338 e. The Bertz CT molecular complexity index is 872. The van der Waals surface area contributed by atoms with Crippen LogP contribution in [0.3, 0.4) is 0 Å². The number of amides is 2. The molecule has 0 spiro atoms. The van der Waals surface area contributed by atoms with Gasteiger partial charge in [0.25, 0.3) is 11.8 Å². The number of esters is 1. The van der Waals surface area contributed by atoms with Crippen LogP contribution in [-0.2, 0) is 14.3 Å². The summed E-state index contributed by atoms with van der Waals surface area (Å²) < 4.78 is 15.8. The Morgan fingerprint density at radius 3 is 2.63 bits per heavy atom. The van der Waals surface area contributed by atoms with Crippen LogP contribution < -0.4 is 20.3 Å². The summed E-state index contributed by atoms with van der Waals surface area (Å²) in [4.78, 5) is 35.6. The zero-order valence-corrected chi connectivity index (χ0v) is 14.7. The van der Waals surface area contributed by atoms with Crippen LogP contribution in [0.1, 0.15) is 10.4 Å². The van der Waals surface area contributed by atoms with Crippen molar-refractivity contribution in [3.8, 4) is 11.5 Å². The molecule has 0 aromatic heterocycles. The maximum atomic E-state index is 12.1. The van der Waals surface area contributed by atoms with Crippen molar-refractivity contribution in [3.05, 3.63) is 59.1 Å². The number of para-hydroxylation sites is 2. The summed E-state index contributed by atoms with van der Waals surface area (Å²) in [6, 6.07) is 13.0. The lowest BCUT2D eigenvalue weighted by Crippen LogP contribution is -2.51. The van der Waals surface area contributed by atoms with Crippen molar-refractivity contribution in [3.63, 3.8) is 0 Å². The van der Waals surface area contributed by atoms with E-state index in [-0.39, 0.29) is 12.2 Å². The molecule has 1 heterocycles. The van der Waals surface area contributed by atoms with E-state index in [1.807, 2.05) is 0 Å². The number of halogens is 1. The molecule has 3 rings (SSSR count). The number of carbonyl (C=O) groups excluding carboxylic acids is 3. The summed E-state index contributed by atoms with van der Waals surface area (Å²) in [7, 11) is 0. The second kappa shape index (κ2) is 8.41. The molecular weight excluding hydrogens is 376 g/mol. The smallest absolute Gasteiger partial charge is 0.338 e. The number of hydrogen-bond acceptors (Lipinski definition) is 6. The van der Waals surface area contributed by atoms with E-state index in [2.05, 4.69) is 10.9 Å². The minimum absolute atomic E-state index is 0.00245. The van der Waals surface area contributed by atoms with Crippen LogP contribution in [0.2, 0.25) is 5.02 Å². The van der Waals surface area contributed by atoms with Gasteiger partial charge in [0.2, 0.25) is 6.10 Å². The van der Waals surface area contributed by atoms with E-state index >= 15 is 0 Å². The van der Waals surface area contributed by atoms with Gasteiger partial charge in [-0.05, 0) is 30.3 Å². The van der Waals surface area contributed by atoms with Crippen LogP contribution in [0.15, 0.2) is 48.5 Å². The minimum Gasteiger partial charge on any atom is -0.485 e. The second-order valence-electron chi connectivity index (χ2n) is 5.49. The SMILES string of the molecule is O=C(COC(=O)c1cccc(Cl)c1)NNC(=O)[C@H]1COc2ccccc2O1. The number of benzene rings is 2. The van der Waals surface area contributed by atoms with Crippen LogP contribution in [-0.4, -0.2) is 37.1 Å². The standard InChI is InChI=1S/C18H15ClN2O6/c19-12-5-3-4-11(8-12)18(24)26-10-16(22)20-21-17(23)15-9-25-13-6-1-2-7-14(13)27-15/h1-8,15H,9-10H2,(H,20,22)(H,21,23)/t15-/m1/s1. The molecule has 2 N–H and O–H groups in total. The van der Waals surface area contributed by atoms with Crippen molar-refractivity contribution in [1.29, 1.82) is 0 Å². The highest BCUT2D eigenvalue weighted by molar-refractivity contribution is 6.30. The Hall–Kier alpha value is -3.26. The van der Waals surface area contributed by atoms with Gasteiger partial charge < -0.3 is 14.2 Å². The summed E-state index contributed by atoms with van der Waals surface area (Å²) in [6.07, 6.45) is -0.922. The molecule has 0 bridgehead atoms. The number of rotatable bonds is 4. The zero-order valence-electron chi connectivity index (χ0n) is 13.9. The van der Waals surface area contributed by atoms with E-state index in [1.165, 1.54) is 12.1 Å². The first-order valence-electron chi connectivity index (χ1n) is 7.93. The summed E-state index contributed by atoms with van der Waals surface area (Å²) in [5.41, 5.74) is 4.56. The first-order valence-corrected chi connectivity index (χ1v) is 8.30.